The normalized spacial score (nSPS) is 9.05. The van der Waals surface area contributed by atoms with Gasteiger partial charge in [0.05, 0.1) is 12.1 Å². The molecule has 0 heterocycles. The molecule has 0 radical (unpaired) electrons. The van der Waals surface area contributed by atoms with E-state index in [4.69, 9.17) is 15.6 Å². The Morgan fingerprint density at radius 3 is 2.47 bits per heavy atom. The highest BCUT2D eigenvalue weighted by atomic mass is 19.2. The summed E-state index contributed by atoms with van der Waals surface area (Å²) in [6.07, 6.45) is -0.659. The van der Waals surface area contributed by atoms with Crippen LogP contribution in [0.15, 0.2) is 17.2 Å². The van der Waals surface area contributed by atoms with Crippen molar-refractivity contribution in [2.75, 3.05) is 5.43 Å². The number of hydrazone groups is 1. The molecule has 8 heteroatoms. The lowest BCUT2D eigenvalue weighted by Crippen LogP contribution is -2.06. The molecule has 0 atom stereocenters. The van der Waals surface area contributed by atoms with E-state index in [1.54, 1.807) is 0 Å². The number of hydrogen-bond donors (Lipinski definition) is 2. The molecule has 0 aliphatic heterocycles. The molecule has 1 aromatic rings. The third kappa shape index (κ3) is 3.48. The van der Waals surface area contributed by atoms with Crippen LogP contribution in [-0.2, 0) is 11.2 Å². The minimum absolute atomic E-state index is 0.319. The number of carboxylic acids is 1. The topological polar surface area (TPSA) is 109 Å². The first-order valence-electron chi connectivity index (χ1n) is 4.82. The maximum atomic E-state index is 13.5. The van der Waals surface area contributed by atoms with E-state index < -0.39 is 35.4 Å². The highest BCUT2D eigenvalue weighted by Gasteiger charge is 2.15. The Morgan fingerprint density at radius 2 is 1.95 bits per heavy atom. The molecule has 0 saturated heterocycles. The molecule has 1 aromatic carbocycles. The van der Waals surface area contributed by atoms with E-state index in [1.807, 2.05) is 5.43 Å². The summed E-state index contributed by atoms with van der Waals surface area (Å²) in [4.78, 5) is 10.4. The van der Waals surface area contributed by atoms with Crippen molar-refractivity contribution in [1.29, 1.82) is 10.5 Å². The molecule has 1 rings (SSSR count). The van der Waals surface area contributed by atoms with Crippen LogP contribution < -0.4 is 5.43 Å². The van der Waals surface area contributed by atoms with Crippen molar-refractivity contribution in [2.45, 2.75) is 6.42 Å². The van der Waals surface area contributed by atoms with E-state index in [0.29, 0.717) is 0 Å². The third-order valence-corrected chi connectivity index (χ3v) is 2.00. The minimum atomic E-state index is -1.34. The number of benzene rings is 1. The van der Waals surface area contributed by atoms with E-state index in [0.717, 1.165) is 12.1 Å². The number of aliphatic carboxylic acids is 1. The van der Waals surface area contributed by atoms with Gasteiger partial charge in [-0.2, -0.15) is 15.6 Å². The second kappa shape index (κ2) is 6.07. The van der Waals surface area contributed by atoms with Gasteiger partial charge in [-0.3, -0.25) is 10.2 Å². The summed E-state index contributed by atoms with van der Waals surface area (Å²) >= 11 is 0. The van der Waals surface area contributed by atoms with Crippen LogP contribution in [0.25, 0.3) is 0 Å². The number of halogens is 2. The Kier molecular flexibility index (Phi) is 4.50. The molecular weight excluding hydrogens is 258 g/mol. The largest absolute Gasteiger partial charge is 0.481 e. The van der Waals surface area contributed by atoms with Gasteiger partial charge in [-0.15, -0.1) is 0 Å². The number of rotatable bonds is 4. The van der Waals surface area contributed by atoms with Crippen LogP contribution in [0.4, 0.5) is 14.5 Å². The smallest absolute Gasteiger partial charge is 0.307 e. The van der Waals surface area contributed by atoms with Gasteiger partial charge < -0.3 is 5.11 Å². The molecule has 0 unspecified atom stereocenters. The fourth-order valence-electron chi connectivity index (χ4n) is 1.17. The summed E-state index contributed by atoms with van der Waals surface area (Å²) in [5.74, 6) is -3.95. The Bertz CT molecular complexity index is 613. The SMILES string of the molecule is N#CC(C#N)=NNc1ccc(CC(=O)O)c(F)c1F. The number of anilines is 1. The van der Waals surface area contributed by atoms with E-state index in [-0.39, 0.29) is 5.56 Å². The molecule has 0 aromatic heterocycles. The molecule has 0 aliphatic rings. The third-order valence-electron chi connectivity index (χ3n) is 2.00. The maximum Gasteiger partial charge on any atom is 0.307 e. The van der Waals surface area contributed by atoms with Crippen LogP contribution in [0.1, 0.15) is 5.56 Å². The summed E-state index contributed by atoms with van der Waals surface area (Å²) in [5, 5.41) is 28.5. The van der Waals surface area contributed by atoms with E-state index in [1.165, 1.54) is 12.1 Å². The minimum Gasteiger partial charge on any atom is -0.481 e. The average molecular weight is 264 g/mol. The van der Waals surface area contributed by atoms with Gasteiger partial charge in [0.25, 0.3) is 0 Å². The fraction of sp³-hybridized carbons (Fsp3) is 0.0909. The predicted octanol–water partition coefficient (Wildman–Crippen LogP) is 1.41. The molecule has 0 spiro atoms. The molecule has 0 aliphatic carbocycles. The van der Waals surface area contributed by atoms with Gasteiger partial charge in [0.2, 0.25) is 5.71 Å². The second-order valence-electron chi connectivity index (χ2n) is 3.27. The lowest BCUT2D eigenvalue weighted by molar-refractivity contribution is -0.136. The Labute approximate surface area is 106 Å². The Hall–Kier alpha value is -3.00. The van der Waals surface area contributed by atoms with Crippen LogP contribution >= 0.6 is 0 Å². The zero-order valence-electron chi connectivity index (χ0n) is 9.31. The van der Waals surface area contributed by atoms with Gasteiger partial charge in [0, 0.05) is 5.56 Å². The van der Waals surface area contributed by atoms with Crippen molar-refractivity contribution in [2.24, 2.45) is 5.10 Å². The zero-order chi connectivity index (χ0) is 14.4. The number of nitrogens with zero attached hydrogens (tertiary/aromatic N) is 3. The standard InChI is InChI=1S/C11H6F2N4O2/c12-10-6(3-9(18)19)1-2-8(11(10)13)17-16-7(4-14)5-15/h1-2,17H,3H2,(H,18,19). The van der Waals surface area contributed by atoms with Crippen LogP contribution in [0.5, 0.6) is 0 Å². The van der Waals surface area contributed by atoms with Crippen LogP contribution in [-0.4, -0.2) is 16.8 Å². The van der Waals surface area contributed by atoms with Crippen molar-refractivity contribution in [3.05, 3.63) is 29.3 Å². The van der Waals surface area contributed by atoms with Crippen molar-refractivity contribution >= 4 is 17.4 Å². The number of nitrogens with one attached hydrogen (secondary N) is 1. The first-order chi connectivity index (χ1) is 8.99. The summed E-state index contributed by atoms with van der Waals surface area (Å²) in [5.41, 5.74) is 0.729. The Morgan fingerprint density at radius 1 is 1.32 bits per heavy atom. The first kappa shape index (κ1) is 14.1. The number of nitriles is 2. The van der Waals surface area contributed by atoms with Crippen molar-refractivity contribution in [1.82, 2.24) is 0 Å². The molecule has 0 saturated carbocycles. The average Bonchev–Trinajstić information content (AvgIpc) is 2.38. The highest BCUT2D eigenvalue weighted by Crippen LogP contribution is 2.21. The lowest BCUT2D eigenvalue weighted by Gasteiger charge is -2.06. The summed E-state index contributed by atoms with van der Waals surface area (Å²) in [6.45, 7) is 0. The molecule has 19 heavy (non-hydrogen) atoms. The molecular formula is C11H6F2N4O2. The van der Waals surface area contributed by atoms with E-state index >= 15 is 0 Å². The Balaban J connectivity index is 3.04. The first-order valence-corrected chi connectivity index (χ1v) is 4.82. The lowest BCUT2D eigenvalue weighted by atomic mass is 10.1. The van der Waals surface area contributed by atoms with Gasteiger partial charge in [0.1, 0.15) is 12.1 Å². The van der Waals surface area contributed by atoms with Crippen molar-refractivity contribution in [3.8, 4) is 12.1 Å². The van der Waals surface area contributed by atoms with E-state index in [9.17, 15) is 13.6 Å². The summed E-state index contributed by atoms with van der Waals surface area (Å²) in [6, 6.07) is 4.99. The zero-order valence-corrected chi connectivity index (χ0v) is 9.31. The molecule has 6 nitrogen and oxygen atoms in total. The number of carboxylic acid groups (broad SMARTS) is 1. The monoisotopic (exact) mass is 264 g/mol. The van der Waals surface area contributed by atoms with Crippen LogP contribution in [0, 0.1) is 34.3 Å². The van der Waals surface area contributed by atoms with Gasteiger partial charge in [-0.25, -0.2) is 8.78 Å². The van der Waals surface area contributed by atoms with E-state index in [2.05, 4.69) is 5.10 Å². The maximum absolute atomic E-state index is 13.5. The van der Waals surface area contributed by atoms with Gasteiger partial charge >= 0.3 is 5.97 Å². The summed E-state index contributed by atoms with van der Waals surface area (Å²) < 4.78 is 27.0. The highest BCUT2D eigenvalue weighted by molar-refractivity contribution is 6.10. The molecule has 2 N–H and O–H groups in total. The number of carbonyl (C=O) groups is 1. The second-order valence-corrected chi connectivity index (χ2v) is 3.27. The molecule has 0 amide bonds. The van der Waals surface area contributed by atoms with Crippen molar-refractivity contribution < 1.29 is 18.7 Å². The summed E-state index contributed by atoms with van der Waals surface area (Å²) in [7, 11) is 0. The van der Waals surface area contributed by atoms with Crippen LogP contribution in [0.3, 0.4) is 0 Å². The van der Waals surface area contributed by atoms with Gasteiger partial charge in [-0.05, 0) is 6.07 Å². The fourth-order valence-corrected chi connectivity index (χ4v) is 1.17. The van der Waals surface area contributed by atoms with Crippen molar-refractivity contribution in [3.63, 3.8) is 0 Å². The molecule has 0 fully saturated rings. The predicted molar refractivity (Wildman–Crippen MR) is 60.0 cm³/mol. The molecule has 0 bridgehead atoms. The quantitative estimate of drug-likeness (QED) is 0.631. The van der Waals surface area contributed by atoms with Gasteiger partial charge in [0.15, 0.2) is 11.6 Å². The number of hydrogen-bond acceptors (Lipinski definition) is 5. The van der Waals surface area contributed by atoms with Crippen LogP contribution in [0.2, 0.25) is 0 Å². The molecule has 96 valence electrons. The van der Waals surface area contributed by atoms with Gasteiger partial charge in [-0.1, -0.05) is 6.07 Å².